The average molecular weight is 547 g/mol. The fourth-order valence-electron chi connectivity index (χ4n) is 4.85. The number of carbonyl (C=O) groups excluding carboxylic acids is 1. The van der Waals surface area contributed by atoms with Gasteiger partial charge in [-0.05, 0) is 70.9 Å². The van der Waals surface area contributed by atoms with Crippen LogP contribution in [0.4, 0.5) is 17.2 Å². The van der Waals surface area contributed by atoms with Crippen molar-refractivity contribution in [2.24, 2.45) is 0 Å². The van der Waals surface area contributed by atoms with E-state index in [0.717, 1.165) is 42.7 Å². The zero-order valence-electron chi connectivity index (χ0n) is 21.9. The summed E-state index contributed by atoms with van der Waals surface area (Å²) in [5, 5.41) is 4.68. The fourth-order valence-corrected chi connectivity index (χ4v) is 5.55. The Kier molecular flexibility index (Phi) is 7.62. The highest BCUT2D eigenvalue weighted by molar-refractivity contribution is 7.92. The SMILES string of the molecule is CCN(c1nc(Cl)ccc1NC(C)(C)C)C1CCN(C(=O)c2c[nH]c3ccc(NS(C)(=O)=O)cc23)CC1. The molecular weight excluding hydrogens is 512 g/mol. The topological polar surface area (TPSA) is 110 Å². The molecule has 0 aliphatic carbocycles. The number of H-pyrrole nitrogens is 1. The van der Waals surface area contributed by atoms with Crippen LogP contribution in [0.25, 0.3) is 10.9 Å². The second-order valence-electron chi connectivity index (χ2n) is 10.5. The second kappa shape index (κ2) is 10.4. The predicted octanol–water partition coefficient (Wildman–Crippen LogP) is 4.93. The summed E-state index contributed by atoms with van der Waals surface area (Å²) < 4.78 is 25.8. The third-order valence-electron chi connectivity index (χ3n) is 6.37. The van der Waals surface area contributed by atoms with Gasteiger partial charge in [0.25, 0.3) is 5.91 Å². The molecule has 3 N–H and O–H groups in total. The number of fused-ring (bicyclic) bond motifs is 1. The van der Waals surface area contributed by atoms with Gasteiger partial charge in [-0.1, -0.05) is 11.6 Å². The van der Waals surface area contributed by atoms with Crippen LogP contribution in [-0.2, 0) is 10.0 Å². The Balaban J connectivity index is 1.51. The number of piperidine rings is 1. The maximum Gasteiger partial charge on any atom is 0.256 e. The first kappa shape index (κ1) is 27.1. The van der Waals surface area contributed by atoms with Gasteiger partial charge in [0, 0.05) is 54.0 Å². The molecule has 0 saturated carbocycles. The Morgan fingerprint density at radius 2 is 1.92 bits per heavy atom. The Morgan fingerprint density at radius 1 is 1.22 bits per heavy atom. The maximum atomic E-state index is 13.5. The number of pyridine rings is 1. The molecule has 0 atom stereocenters. The van der Waals surface area contributed by atoms with Gasteiger partial charge in [-0.15, -0.1) is 0 Å². The minimum absolute atomic E-state index is 0.0692. The minimum Gasteiger partial charge on any atom is -0.377 e. The molecule has 1 amide bonds. The number of hydrogen-bond donors (Lipinski definition) is 3. The van der Waals surface area contributed by atoms with E-state index in [-0.39, 0.29) is 17.5 Å². The van der Waals surface area contributed by atoms with Gasteiger partial charge in [-0.3, -0.25) is 9.52 Å². The van der Waals surface area contributed by atoms with Crippen molar-refractivity contribution in [3.63, 3.8) is 0 Å². The molecule has 37 heavy (non-hydrogen) atoms. The van der Waals surface area contributed by atoms with Crippen molar-refractivity contribution < 1.29 is 13.2 Å². The molecule has 9 nitrogen and oxygen atoms in total. The molecule has 0 spiro atoms. The highest BCUT2D eigenvalue weighted by Gasteiger charge is 2.30. The molecule has 200 valence electrons. The van der Waals surface area contributed by atoms with E-state index in [0.29, 0.717) is 34.9 Å². The van der Waals surface area contributed by atoms with Crippen LogP contribution in [0.1, 0.15) is 50.9 Å². The summed E-state index contributed by atoms with van der Waals surface area (Å²) in [5.74, 6) is 0.762. The van der Waals surface area contributed by atoms with Crippen molar-refractivity contribution in [2.75, 3.05) is 40.8 Å². The smallest absolute Gasteiger partial charge is 0.256 e. The third kappa shape index (κ3) is 6.48. The molecule has 2 aromatic heterocycles. The summed E-state index contributed by atoms with van der Waals surface area (Å²) in [5.41, 5.74) is 2.55. The number of benzene rings is 1. The van der Waals surface area contributed by atoms with Crippen molar-refractivity contribution in [1.82, 2.24) is 14.9 Å². The number of carbonyl (C=O) groups is 1. The van der Waals surface area contributed by atoms with Crippen molar-refractivity contribution in [1.29, 1.82) is 0 Å². The lowest BCUT2D eigenvalue weighted by Gasteiger charge is -2.40. The lowest BCUT2D eigenvalue weighted by Crippen LogP contribution is -2.47. The molecule has 1 aliphatic heterocycles. The van der Waals surface area contributed by atoms with E-state index in [1.807, 2.05) is 11.0 Å². The number of rotatable bonds is 7. The van der Waals surface area contributed by atoms with E-state index in [4.69, 9.17) is 11.6 Å². The monoisotopic (exact) mass is 546 g/mol. The number of sulfonamides is 1. The van der Waals surface area contributed by atoms with Crippen LogP contribution in [0.3, 0.4) is 0 Å². The normalized spacial score (nSPS) is 15.1. The van der Waals surface area contributed by atoms with Crippen LogP contribution >= 0.6 is 11.6 Å². The summed E-state index contributed by atoms with van der Waals surface area (Å²) in [6, 6.07) is 9.12. The molecule has 1 saturated heterocycles. The van der Waals surface area contributed by atoms with E-state index in [1.165, 1.54) is 0 Å². The van der Waals surface area contributed by atoms with Crippen molar-refractivity contribution in [3.8, 4) is 0 Å². The van der Waals surface area contributed by atoms with E-state index >= 15 is 0 Å². The van der Waals surface area contributed by atoms with Gasteiger partial charge >= 0.3 is 0 Å². The van der Waals surface area contributed by atoms with E-state index in [9.17, 15) is 13.2 Å². The number of aromatic nitrogens is 2. The number of likely N-dealkylation sites (tertiary alicyclic amines) is 1. The average Bonchev–Trinajstić information content (AvgIpc) is 3.22. The van der Waals surface area contributed by atoms with Crippen LogP contribution < -0.4 is 14.9 Å². The maximum absolute atomic E-state index is 13.5. The molecule has 11 heteroatoms. The fraction of sp³-hybridized carbons (Fsp3) is 0.462. The number of nitrogens with zero attached hydrogens (tertiary/aromatic N) is 3. The second-order valence-corrected chi connectivity index (χ2v) is 12.7. The van der Waals surface area contributed by atoms with Crippen LogP contribution in [0.2, 0.25) is 5.15 Å². The summed E-state index contributed by atoms with van der Waals surface area (Å²) in [6.45, 7) is 10.4. The Bertz CT molecular complexity index is 1390. The molecule has 1 fully saturated rings. The zero-order valence-corrected chi connectivity index (χ0v) is 23.5. The standard InChI is InChI=1S/C26H35ClN6O3S/c1-6-33(24-22(30-26(2,3)4)9-10-23(27)29-24)18-11-13-32(14-12-18)25(34)20-16-28-21-8-7-17(15-19(20)21)31-37(5,35)36/h7-10,15-16,18,28,30-31H,6,11-14H2,1-5H3. The van der Waals surface area contributed by atoms with Crippen LogP contribution in [0, 0.1) is 0 Å². The van der Waals surface area contributed by atoms with Crippen LogP contribution in [0.15, 0.2) is 36.5 Å². The summed E-state index contributed by atoms with van der Waals surface area (Å²) in [7, 11) is -3.42. The molecule has 0 radical (unpaired) electrons. The van der Waals surface area contributed by atoms with E-state index in [2.05, 4.69) is 52.6 Å². The van der Waals surface area contributed by atoms with Crippen LogP contribution in [0.5, 0.6) is 0 Å². The largest absolute Gasteiger partial charge is 0.377 e. The number of aromatic amines is 1. The van der Waals surface area contributed by atoms with Crippen LogP contribution in [-0.4, -0.2) is 66.7 Å². The van der Waals surface area contributed by atoms with Gasteiger partial charge in [0.1, 0.15) is 5.15 Å². The summed E-state index contributed by atoms with van der Waals surface area (Å²) >= 11 is 6.28. The molecular formula is C26H35ClN6O3S. The first-order valence-electron chi connectivity index (χ1n) is 12.4. The van der Waals surface area contributed by atoms with Gasteiger partial charge < -0.3 is 20.1 Å². The molecule has 3 heterocycles. The molecule has 0 unspecified atom stereocenters. The first-order chi connectivity index (χ1) is 17.3. The highest BCUT2D eigenvalue weighted by atomic mass is 35.5. The van der Waals surface area contributed by atoms with Crippen molar-refractivity contribution >= 4 is 55.6 Å². The zero-order chi connectivity index (χ0) is 27.0. The number of nitrogens with one attached hydrogen (secondary N) is 3. The summed E-state index contributed by atoms with van der Waals surface area (Å²) in [4.78, 5) is 25.4. The van der Waals surface area contributed by atoms with E-state index in [1.54, 1.807) is 30.5 Å². The molecule has 1 aromatic carbocycles. The van der Waals surface area contributed by atoms with Gasteiger partial charge in [0.15, 0.2) is 5.82 Å². The Morgan fingerprint density at radius 3 is 2.54 bits per heavy atom. The minimum atomic E-state index is -3.42. The van der Waals surface area contributed by atoms with Crippen molar-refractivity contribution in [2.45, 2.75) is 52.1 Å². The molecule has 4 rings (SSSR count). The van der Waals surface area contributed by atoms with E-state index < -0.39 is 10.0 Å². The predicted molar refractivity (Wildman–Crippen MR) is 151 cm³/mol. The van der Waals surface area contributed by atoms with Gasteiger partial charge in [0.2, 0.25) is 10.0 Å². The number of halogens is 1. The lowest BCUT2D eigenvalue weighted by molar-refractivity contribution is 0.0714. The Labute approximate surface area is 223 Å². The number of hydrogen-bond acceptors (Lipinski definition) is 6. The van der Waals surface area contributed by atoms with Gasteiger partial charge in [0.05, 0.1) is 17.5 Å². The molecule has 1 aliphatic rings. The summed E-state index contributed by atoms with van der Waals surface area (Å²) in [6.07, 6.45) is 4.39. The third-order valence-corrected chi connectivity index (χ3v) is 7.19. The highest BCUT2D eigenvalue weighted by Crippen LogP contribution is 2.32. The lowest BCUT2D eigenvalue weighted by atomic mass is 10.0. The van der Waals surface area contributed by atoms with Crippen molar-refractivity contribution in [3.05, 3.63) is 47.2 Å². The first-order valence-corrected chi connectivity index (χ1v) is 14.7. The van der Waals surface area contributed by atoms with Gasteiger partial charge in [-0.2, -0.15) is 0 Å². The number of anilines is 3. The van der Waals surface area contributed by atoms with Gasteiger partial charge in [-0.25, -0.2) is 13.4 Å². The molecule has 0 bridgehead atoms. The quantitative estimate of drug-likeness (QED) is 0.362. The molecule has 3 aromatic rings. The number of amides is 1. The Hall–Kier alpha value is -2.98.